The van der Waals surface area contributed by atoms with Gasteiger partial charge < -0.3 is 34.3 Å². The van der Waals surface area contributed by atoms with Gasteiger partial charge in [-0.05, 0) is 103 Å². The summed E-state index contributed by atoms with van der Waals surface area (Å²) in [6, 6.07) is 21.0. The van der Waals surface area contributed by atoms with Crippen LogP contribution in [0.4, 0.5) is 28.4 Å². The summed E-state index contributed by atoms with van der Waals surface area (Å²) >= 11 is 6.29. The monoisotopic (exact) mass is 938 g/mol. The highest BCUT2D eigenvalue weighted by Crippen LogP contribution is 2.42. The maximum absolute atomic E-state index is 14.4. The Morgan fingerprint density at radius 1 is 0.955 bits per heavy atom. The molecule has 1 aliphatic carbocycles. The molecule has 3 N–H and O–H groups in total. The first-order valence-corrected chi connectivity index (χ1v) is 24.4. The maximum atomic E-state index is 14.4. The number of allylic oxidation sites excluding steroid dienone is 1. The Morgan fingerprint density at radius 3 is 2.53 bits per heavy atom. The van der Waals surface area contributed by atoms with Crippen molar-refractivity contribution in [3.8, 4) is 5.88 Å². The van der Waals surface area contributed by atoms with Crippen LogP contribution in [0.3, 0.4) is 0 Å². The van der Waals surface area contributed by atoms with Crippen LogP contribution in [0.5, 0.6) is 5.88 Å². The number of piperazine rings is 1. The third kappa shape index (κ3) is 10.1. The zero-order valence-electron chi connectivity index (χ0n) is 37.2. The van der Waals surface area contributed by atoms with Crippen molar-refractivity contribution in [3.05, 3.63) is 111 Å². The summed E-state index contributed by atoms with van der Waals surface area (Å²) in [7, 11) is -4.60. The van der Waals surface area contributed by atoms with Gasteiger partial charge in [-0.3, -0.25) is 19.8 Å². The fourth-order valence-corrected chi connectivity index (χ4v) is 10.4. The van der Waals surface area contributed by atoms with Gasteiger partial charge in [0.1, 0.15) is 17.0 Å². The number of nitro benzene ring substituents is 1. The molecular weight excluding hydrogens is 884 g/mol. The average Bonchev–Trinajstić information content (AvgIpc) is 3.60. The topological polar surface area (TPSA) is 185 Å². The second kappa shape index (κ2) is 19.2. The number of aromatic nitrogens is 2. The van der Waals surface area contributed by atoms with Crippen LogP contribution in [-0.2, 0) is 19.5 Å². The Labute approximate surface area is 389 Å². The average molecular weight is 940 g/mol. The minimum absolute atomic E-state index is 0.100. The predicted octanol–water partition coefficient (Wildman–Crippen LogP) is 8.17. The molecule has 18 heteroatoms. The number of aromatic amines is 1. The van der Waals surface area contributed by atoms with E-state index in [-0.39, 0.29) is 29.3 Å². The van der Waals surface area contributed by atoms with Crippen molar-refractivity contribution >= 4 is 72.6 Å². The molecule has 3 aliphatic heterocycles. The van der Waals surface area contributed by atoms with Gasteiger partial charge in [0, 0.05) is 74.2 Å². The van der Waals surface area contributed by atoms with E-state index in [0.29, 0.717) is 62.3 Å². The molecule has 4 aliphatic rings. The van der Waals surface area contributed by atoms with E-state index in [2.05, 4.69) is 50.8 Å². The van der Waals surface area contributed by atoms with Crippen molar-refractivity contribution in [2.45, 2.75) is 57.0 Å². The molecule has 3 aromatic carbocycles. The van der Waals surface area contributed by atoms with Crippen LogP contribution in [-0.4, -0.2) is 112 Å². The van der Waals surface area contributed by atoms with E-state index < -0.39 is 31.4 Å². The molecule has 5 heterocycles. The van der Waals surface area contributed by atoms with Crippen molar-refractivity contribution in [2.75, 3.05) is 87.4 Å². The number of pyridine rings is 1. The van der Waals surface area contributed by atoms with Gasteiger partial charge in [-0.2, -0.15) is 4.98 Å². The Kier molecular flexibility index (Phi) is 13.3. The van der Waals surface area contributed by atoms with Crippen LogP contribution >= 0.6 is 11.6 Å². The summed E-state index contributed by atoms with van der Waals surface area (Å²) in [5, 5.41) is 16.7. The van der Waals surface area contributed by atoms with Crippen molar-refractivity contribution in [3.63, 3.8) is 0 Å². The third-order valence-corrected chi connectivity index (χ3v) is 14.7. The van der Waals surface area contributed by atoms with Crippen LogP contribution in [0, 0.1) is 15.5 Å². The molecule has 1 atom stereocenters. The fraction of sp³-hybridized carbons (Fsp3) is 0.417. The number of carbonyl (C=O) groups is 1. The first-order chi connectivity index (χ1) is 31.8. The number of nitro groups is 1. The first-order valence-electron chi connectivity index (χ1n) is 22.6. The van der Waals surface area contributed by atoms with Gasteiger partial charge in [-0.25, -0.2) is 13.1 Å². The first kappa shape index (κ1) is 45.4. The summed E-state index contributed by atoms with van der Waals surface area (Å²) in [6.45, 7) is 11.0. The summed E-state index contributed by atoms with van der Waals surface area (Å²) in [6.07, 6.45) is 6.41. The molecule has 16 nitrogen and oxygen atoms in total. The number of hydrogen-bond acceptors (Lipinski definition) is 13. The second-order valence-electron chi connectivity index (χ2n) is 18.1. The van der Waals surface area contributed by atoms with Crippen molar-refractivity contribution in [2.24, 2.45) is 5.41 Å². The van der Waals surface area contributed by atoms with E-state index in [1.807, 2.05) is 41.3 Å². The molecule has 348 valence electrons. The van der Waals surface area contributed by atoms with E-state index in [4.69, 9.17) is 30.8 Å². The normalized spacial score (nSPS) is 19.4. The van der Waals surface area contributed by atoms with Crippen molar-refractivity contribution in [1.82, 2.24) is 19.6 Å². The van der Waals surface area contributed by atoms with Crippen LogP contribution in [0.2, 0.25) is 5.02 Å². The molecule has 0 unspecified atom stereocenters. The number of fused-ring (bicyclic) bond motifs is 2. The minimum atomic E-state index is -4.60. The largest absolute Gasteiger partial charge is 0.476 e. The van der Waals surface area contributed by atoms with Gasteiger partial charge in [-0.1, -0.05) is 43.2 Å². The number of nitrogens with one attached hydrogen (secondary N) is 3. The number of rotatable bonds is 12. The Balaban J connectivity index is 0.986. The molecule has 0 saturated carbocycles. The number of anilines is 4. The van der Waals surface area contributed by atoms with Crippen molar-refractivity contribution in [1.29, 1.82) is 0 Å². The Hall–Kier alpha value is -5.72. The molecule has 0 spiro atoms. The lowest BCUT2D eigenvalue weighted by atomic mass is 9.84. The molecule has 0 radical (unpaired) electrons. The molecule has 66 heavy (non-hydrogen) atoms. The summed E-state index contributed by atoms with van der Waals surface area (Å²) in [5.41, 5.74) is 6.81. The standard InChI is InChI=1S/C48H55ClN8O8S/c1-48(2)15-12-34(39(13-16-48)32-4-6-35(49)7-5-32)30-54-19-21-55(22-20-54)36-8-10-40(42(27-36)56-18-3-23-65-47-44(56)26-33-14-17-50-45(33)52-47)46(58)53-66(61,62)38-9-11-41(43(28-38)57(59)60)51-29-37-31-63-24-25-64-37/h4-11,14,17,26-28,37,51H,3,12-13,15-16,18-25,29-31H2,1-2H3,(H,50,52)(H,53,58)/t37-/m0/s1. The number of carbonyl (C=O) groups excluding carboxylic acids is 1. The predicted molar refractivity (Wildman–Crippen MR) is 256 cm³/mol. The molecule has 0 bridgehead atoms. The van der Waals surface area contributed by atoms with Crippen LogP contribution in [0.1, 0.15) is 61.9 Å². The van der Waals surface area contributed by atoms with E-state index in [9.17, 15) is 23.3 Å². The quantitative estimate of drug-likeness (QED) is 0.0805. The highest BCUT2D eigenvalue weighted by Gasteiger charge is 2.31. The molecule has 2 aromatic heterocycles. The number of amides is 1. The van der Waals surface area contributed by atoms with Gasteiger partial charge in [-0.15, -0.1) is 0 Å². The third-order valence-electron chi connectivity index (χ3n) is 13.1. The molecule has 2 fully saturated rings. The van der Waals surface area contributed by atoms with Gasteiger partial charge in [0.2, 0.25) is 5.88 Å². The molecule has 2 saturated heterocycles. The lowest BCUT2D eigenvalue weighted by Gasteiger charge is -2.37. The van der Waals surface area contributed by atoms with Gasteiger partial charge in [0.05, 0.1) is 53.6 Å². The minimum Gasteiger partial charge on any atom is -0.476 e. The van der Waals surface area contributed by atoms with E-state index in [1.165, 1.54) is 28.8 Å². The Bertz CT molecular complexity index is 2750. The van der Waals surface area contributed by atoms with E-state index >= 15 is 0 Å². The van der Waals surface area contributed by atoms with Crippen LogP contribution in [0.25, 0.3) is 16.6 Å². The zero-order chi connectivity index (χ0) is 46.0. The molecule has 1 amide bonds. The fourth-order valence-electron chi connectivity index (χ4n) is 9.25. The number of sulfonamides is 1. The summed E-state index contributed by atoms with van der Waals surface area (Å²) in [5.74, 6) is -0.502. The molecule has 5 aromatic rings. The van der Waals surface area contributed by atoms with Crippen LogP contribution < -0.4 is 24.6 Å². The zero-order valence-corrected chi connectivity index (χ0v) is 38.8. The van der Waals surface area contributed by atoms with Crippen LogP contribution in [0.15, 0.2) is 89.5 Å². The highest BCUT2D eigenvalue weighted by molar-refractivity contribution is 7.90. The number of nitrogens with zero attached hydrogens (tertiary/aromatic N) is 5. The van der Waals surface area contributed by atoms with E-state index in [1.54, 1.807) is 12.3 Å². The smallest absolute Gasteiger partial charge is 0.293 e. The second-order valence-corrected chi connectivity index (χ2v) is 20.2. The number of H-pyrrole nitrogens is 1. The SMILES string of the molecule is CC1(C)CCC(CN2CCN(c3ccc(C(=O)NS(=O)(=O)c4ccc(NC[C@H]5COCCO5)c([N+](=O)[O-])c4)c(N4CCCOc5nc6[nH]ccc6cc54)c3)CC2)=C(c2ccc(Cl)cc2)CC1. The lowest BCUT2D eigenvalue weighted by Crippen LogP contribution is -2.47. The summed E-state index contributed by atoms with van der Waals surface area (Å²) < 4.78 is 47.3. The maximum Gasteiger partial charge on any atom is 0.293 e. The van der Waals surface area contributed by atoms with Gasteiger partial charge in [0.15, 0.2) is 0 Å². The summed E-state index contributed by atoms with van der Waals surface area (Å²) in [4.78, 5) is 40.1. The number of hydrogen-bond donors (Lipinski definition) is 3. The van der Waals surface area contributed by atoms with Gasteiger partial charge >= 0.3 is 0 Å². The van der Waals surface area contributed by atoms with E-state index in [0.717, 1.165) is 80.6 Å². The van der Waals surface area contributed by atoms with Crippen molar-refractivity contribution < 1.29 is 32.3 Å². The Morgan fingerprint density at radius 2 is 1.76 bits per heavy atom. The number of halogens is 1. The molecular formula is C48H55ClN8O8S. The lowest BCUT2D eigenvalue weighted by molar-refractivity contribution is -0.384. The van der Waals surface area contributed by atoms with Gasteiger partial charge in [0.25, 0.3) is 21.6 Å². The highest BCUT2D eigenvalue weighted by atomic mass is 35.5. The number of benzene rings is 3. The number of ether oxygens (including phenoxy) is 3. The molecule has 9 rings (SSSR count).